The lowest BCUT2D eigenvalue weighted by atomic mass is 9.89. The Morgan fingerprint density at radius 3 is 2.11 bits per heavy atom. The number of nitrogens with two attached hydrogens (primary N) is 1. The summed E-state index contributed by atoms with van der Waals surface area (Å²) in [4.78, 5) is 0. The van der Waals surface area contributed by atoms with Gasteiger partial charge in [-0.1, -0.05) is 64.3 Å². The van der Waals surface area contributed by atoms with Crippen LogP contribution in [0.4, 0.5) is 0 Å². The quantitative estimate of drug-likeness (QED) is 0.701. The zero-order chi connectivity index (χ0) is 14.3. The van der Waals surface area contributed by atoms with Gasteiger partial charge in [0.05, 0.1) is 6.10 Å². The lowest BCUT2D eigenvalue weighted by Gasteiger charge is -2.22. The van der Waals surface area contributed by atoms with Gasteiger partial charge in [0.15, 0.2) is 0 Å². The van der Waals surface area contributed by atoms with Crippen LogP contribution >= 0.6 is 0 Å². The zero-order valence-electron chi connectivity index (χ0n) is 12.6. The molecule has 2 nitrogen and oxygen atoms in total. The number of hydrogen-bond donors (Lipinski definition) is 2. The van der Waals surface area contributed by atoms with Crippen LogP contribution in [0.1, 0.15) is 69.4 Å². The molecule has 3 N–H and O–H groups in total. The molecular weight excluding hydrogens is 234 g/mol. The molecule has 108 valence electrons. The van der Waals surface area contributed by atoms with E-state index in [1.807, 2.05) is 0 Å². The lowest BCUT2D eigenvalue weighted by Crippen LogP contribution is -2.25. The number of unbranched alkanes of at least 4 members (excludes halogenated alkanes) is 2. The first kappa shape index (κ1) is 16.2. The Morgan fingerprint density at radius 1 is 1.05 bits per heavy atom. The first-order valence-corrected chi connectivity index (χ1v) is 7.58. The molecule has 0 fully saturated rings. The molecule has 0 bridgehead atoms. The van der Waals surface area contributed by atoms with Crippen molar-refractivity contribution in [2.75, 3.05) is 6.54 Å². The summed E-state index contributed by atoms with van der Waals surface area (Å²) in [7, 11) is 0. The van der Waals surface area contributed by atoms with E-state index in [0.717, 1.165) is 18.4 Å². The summed E-state index contributed by atoms with van der Waals surface area (Å²) in [5.41, 5.74) is 8.34. The maximum absolute atomic E-state index is 10.3. The van der Waals surface area contributed by atoms with Crippen LogP contribution in [0.3, 0.4) is 0 Å². The molecule has 0 aliphatic carbocycles. The van der Waals surface area contributed by atoms with E-state index < -0.39 is 0 Å². The number of rotatable bonds is 8. The molecule has 1 aromatic rings. The molecule has 0 saturated heterocycles. The monoisotopic (exact) mass is 263 g/mol. The Morgan fingerprint density at radius 2 is 1.63 bits per heavy atom. The van der Waals surface area contributed by atoms with E-state index in [4.69, 9.17) is 5.73 Å². The second-order valence-corrected chi connectivity index (χ2v) is 5.73. The molecule has 1 aromatic carbocycles. The normalized spacial score (nSPS) is 14.6. The smallest absolute Gasteiger partial charge is 0.0620 e. The highest BCUT2D eigenvalue weighted by Crippen LogP contribution is 2.24. The first-order chi connectivity index (χ1) is 9.10. The molecule has 1 rings (SSSR count). The molecule has 19 heavy (non-hydrogen) atoms. The average Bonchev–Trinajstić information content (AvgIpc) is 2.40. The fraction of sp³-hybridized carbons (Fsp3) is 0.647. The van der Waals surface area contributed by atoms with Crippen LogP contribution in [-0.4, -0.2) is 17.8 Å². The first-order valence-electron chi connectivity index (χ1n) is 7.58. The summed E-state index contributed by atoms with van der Waals surface area (Å²) in [6.07, 6.45) is 3.98. The van der Waals surface area contributed by atoms with Gasteiger partial charge in [-0.15, -0.1) is 0 Å². The Kier molecular flexibility index (Phi) is 7.11. The predicted molar refractivity (Wildman–Crippen MR) is 82.5 cm³/mol. The van der Waals surface area contributed by atoms with Gasteiger partial charge in [-0.3, -0.25) is 0 Å². The third-order valence-electron chi connectivity index (χ3n) is 3.85. The molecule has 0 aliphatic rings. The Bertz CT molecular complexity index is 345. The maximum atomic E-state index is 10.3. The molecule has 0 amide bonds. The van der Waals surface area contributed by atoms with Gasteiger partial charge < -0.3 is 10.8 Å². The summed E-state index contributed by atoms with van der Waals surface area (Å²) >= 11 is 0. The van der Waals surface area contributed by atoms with Crippen LogP contribution < -0.4 is 5.73 Å². The van der Waals surface area contributed by atoms with Crippen molar-refractivity contribution in [3.8, 4) is 0 Å². The fourth-order valence-electron chi connectivity index (χ4n) is 2.45. The average molecular weight is 263 g/mol. The van der Waals surface area contributed by atoms with Gasteiger partial charge in [0.1, 0.15) is 0 Å². The van der Waals surface area contributed by atoms with E-state index in [1.54, 1.807) is 0 Å². The molecule has 0 saturated carbocycles. The second-order valence-electron chi connectivity index (χ2n) is 5.73. The largest absolute Gasteiger partial charge is 0.392 e. The fourth-order valence-corrected chi connectivity index (χ4v) is 2.45. The van der Waals surface area contributed by atoms with Crippen molar-refractivity contribution in [3.63, 3.8) is 0 Å². The predicted octanol–water partition coefficient (Wildman–Crippen LogP) is 3.79. The summed E-state index contributed by atoms with van der Waals surface area (Å²) in [5.74, 6) is 0.609. The van der Waals surface area contributed by atoms with Crippen molar-refractivity contribution in [1.29, 1.82) is 0 Å². The van der Waals surface area contributed by atoms with Crippen LogP contribution in [0, 0.1) is 0 Å². The minimum atomic E-state index is -0.318. The topological polar surface area (TPSA) is 46.2 Å². The van der Waals surface area contributed by atoms with E-state index >= 15 is 0 Å². The minimum absolute atomic E-state index is 0.0677. The summed E-state index contributed by atoms with van der Waals surface area (Å²) < 4.78 is 0. The van der Waals surface area contributed by atoms with Gasteiger partial charge in [-0.25, -0.2) is 0 Å². The van der Waals surface area contributed by atoms with Crippen LogP contribution in [0.15, 0.2) is 24.3 Å². The number of aliphatic hydroxyl groups excluding tert-OH is 1. The van der Waals surface area contributed by atoms with E-state index in [0.29, 0.717) is 12.5 Å². The van der Waals surface area contributed by atoms with E-state index in [-0.39, 0.29) is 12.0 Å². The van der Waals surface area contributed by atoms with E-state index in [2.05, 4.69) is 45.0 Å². The van der Waals surface area contributed by atoms with Gasteiger partial charge in [0.25, 0.3) is 0 Å². The van der Waals surface area contributed by atoms with Crippen molar-refractivity contribution >= 4 is 0 Å². The van der Waals surface area contributed by atoms with Crippen molar-refractivity contribution in [2.45, 2.75) is 64.4 Å². The minimum Gasteiger partial charge on any atom is -0.392 e. The van der Waals surface area contributed by atoms with Crippen molar-refractivity contribution in [3.05, 3.63) is 35.4 Å². The van der Waals surface area contributed by atoms with Crippen molar-refractivity contribution in [2.24, 2.45) is 5.73 Å². The molecule has 0 heterocycles. The molecule has 0 aliphatic heterocycles. The summed E-state index contributed by atoms with van der Waals surface area (Å²) in [5, 5.41) is 10.3. The molecule has 2 unspecified atom stereocenters. The SMILES string of the molecule is CCCCCC(O)C(CN)c1ccc(C(C)C)cc1. The molecule has 0 spiro atoms. The maximum Gasteiger partial charge on any atom is 0.0620 e. The van der Waals surface area contributed by atoms with E-state index in [9.17, 15) is 5.11 Å². The van der Waals surface area contributed by atoms with Crippen molar-refractivity contribution in [1.82, 2.24) is 0 Å². The summed E-state index contributed by atoms with van der Waals surface area (Å²) in [6.45, 7) is 7.07. The van der Waals surface area contributed by atoms with Gasteiger partial charge in [-0.2, -0.15) is 0 Å². The highest BCUT2D eigenvalue weighted by molar-refractivity contribution is 5.28. The molecule has 2 heteroatoms. The van der Waals surface area contributed by atoms with Crippen LogP contribution in [-0.2, 0) is 0 Å². The highest BCUT2D eigenvalue weighted by Gasteiger charge is 2.19. The Hall–Kier alpha value is -0.860. The van der Waals surface area contributed by atoms with Crippen LogP contribution in [0.5, 0.6) is 0 Å². The van der Waals surface area contributed by atoms with Crippen molar-refractivity contribution < 1.29 is 5.11 Å². The third-order valence-corrected chi connectivity index (χ3v) is 3.85. The number of benzene rings is 1. The molecule has 2 atom stereocenters. The number of hydrogen-bond acceptors (Lipinski definition) is 2. The zero-order valence-corrected chi connectivity index (χ0v) is 12.6. The third kappa shape index (κ3) is 4.96. The molecule has 0 radical (unpaired) electrons. The Balaban J connectivity index is 2.67. The van der Waals surface area contributed by atoms with E-state index in [1.165, 1.54) is 18.4 Å². The molecule has 0 aromatic heterocycles. The van der Waals surface area contributed by atoms with Gasteiger partial charge >= 0.3 is 0 Å². The standard InChI is InChI=1S/C17H29NO/c1-4-5-6-7-17(19)16(12-18)15-10-8-14(9-11-15)13(2)3/h8-11,13,16-17,19H,4-7,12,18H2,1-3H3. The van der Waals surface area contributed by atoms with Gasteiger partial charge in [0.2, 0.25) is 0 Å². The highest BCUT2D eigenvalue weighted by atomic mass is 16.3. The second kappa shape index (κ2) is 8.34. The molecular formula is C17H29NO. The van der Waals surface area contributed by atoms with Gasteiger partial charge in [0, 0.05) is 12.5 Å². The van der Waals surface area contributed by atoms with Crippen LogP contribution in [0.25, 0.3) is 0 Å². The van der Waals surface area contributed by atoms with Crippen LogP contribution in [0.2, 0.25) is 0 Å². The lowest BCUT2D eigenvalue weighted by molar-refractivity contribution is 0.132. The number of aliphatic hydroxyl groups is 1. The summed E-state index contributed by atoms with van der Waals surface area (Å²) in [6, 6.07) is 8.55. The Labute approximate surface area is 118 Å². The van der Waals surface area contributed by atoms with Gasteiger partial charge in [-0.05, 0) is 23.5 Å².